The standard InChI is InChI=1S/C16H22N2O5/c1-3-22-13(19)7-8-14(20)23-12(2)15(21)18-16(11-17)9-5-4-6-10-16/h7-8,12H,3-6,9-10H2,1-2H3,(H,18,21)/b8-7+/t12-/m1/s1. The number of hydrogen-bond donors (Lipinski definition) is 1. The highest BCUT2D eigenvalue weighted by Gasteiger charge is 2.35. The highest BCUT2D eigenvalue weighted by atomic mass is 16.5. The molecule has 1 fully saturated rings. The molecule has 0 aromatic carbocycles. The summed E-state index contributed by atoms with van der Waals surface area (Å²) in [5.74, 6) is -2.01. The zero-order chi connectivity index (χ0) is 17.3. The van der Waals surface area contributed by atoms with Crippen LogP contribution in [-0.2, 0) is 23.9 Å². The Hall–Kier alpha value is -2.36. The van der Waals surface area contributed by atoms with Crippen molar-refractivity contribution in [2.45, 2.75) is 57.6 Å². The van der Waals surface area contributed by atoms with Crippen LogP contribution in [0.5, 0.6) is 0 Å². The minimum absolute atomic E-state index is 0.202. The van der Waals surface area contributed by atoms with Crippen molar-refractivity contribution >= 4 is 17.8 Å². The van der Waals surface area contributed by atoms with Crippen LogP contribution in [0.15, 0.2) is 12.2 Å². The third-order valence-electron chi connectivity index (χ3n) is 3.59. The molecule has 7 nitrogen and oxygen atoms in total. The average Bonchev–Trinajstić information content (AvgIpc) is 2.54. The first-order chi connectivity index (χ1) is 10.9. The van der Waals surface area contributed by atoms with Gasteiger partial charge in [-0.15, -0.1) is 0 Å². The van der Waals surface area contributed by atoms with Crippen molar-refractivity contribution in [3.8, 4) is 6.07 Å². The van der Waals surface area contributed by atoms with Crippen LogP contribution in [0.4, 0.5) is 0 Å². The molecule has 1 N–H and O–H groups in total. The van der Waals surface area contributed by atoms with Crippen molar-refractivity contribution in [3.63, 3.8) is 0 Å². The molecule has 0 radical (unpaired) electrons. The normalized spacial score (nSPS) is 17.8. The molecule has 23 heavy (non-hydrogen) atoms. The second-order valence-corrected chi connectivity index (χ2v) is 5.41. The summed E-state index contributed by atoms with van der Waals surface area (Å²) in [6.07, 6.45) is 4.78. The van der Waals surface area contributed by atoms with E-state index in [0.29, 0.717) is 12.8 Å². The minimum Gasteiger partial charge on any atom is -0.463 e. The number of amides is 1. The monoisotopic (exact) mass is 322 g/mol. The molecule has 0 heterocycles. The highest BCUT2D eigenvalue weighted by molar-refractivity contribution is 5.93. The Morgan fingerprint density at radius 1 is 1.22 bits per heavy atom. The van der Waals surface area contributed by atoms with Crippen LogP contribution < -0.4 is 5.32 Å². The lowest BCUT2D eigenvalue weighted by atomic mass is 9.83. The number of carbonyl (C=O) groups is 3. The molecular weight excluding hydrogens is 300 g/mol. The Morgan fingerprint density at radius 3 is 2.39 bits per heavy atom. The van der Waals surface area contributed by atoms with Crippen LogP contribution in [0, 0.1) is 11.3 Å². The third kappa shape index (κ3) is 6.10. The SMILES string of the molecule is CCOC(=O)/C=C/C(=O)O[C@H](C)C(=O)NC1(C#N)CCCCC1. The molecule has 1 saturated carbocycles. The second kappa shape index (κ2) is 8.93. The summed E-state index contributed by atoms with van der Waals surface area (Å²) in [7, 11) is 0. The molecule has 7 heteroatoms. The van der Waals surface area contributed by atoms with Gasteiger partial charge in [0.25, 0.3) is 5.91 Å². The van der Waals surface area contributed by atoms with Gasteiger partial charge in [-0.2, -0.15) is 5.26 Å². The summed E-state index contributed by atoms with van der Waals surface area (Å²) in [6, 6.07) is 2.16. The summed E-state index contributed by atoms with van der Waals surface area (Å²) in [5.41, 5.74) is -0.878. The molecule has 1 aliphatic rings. The van der Waals surface area contributed by atoms with E-state index in [0.717, 1.165) is 31.4 Å². The van der Waals surface area contributed by atoms with Gasteiger partial charge in [-0.25, -0.2) is 9.59 Å². The first-order valence-electron chi connectivity index (χ1n) is 7.71. The molecule has 0 aromatic heterocycles. The molecule has 1 amide bonds. The van der Waals surface area contributed by atoms with Crippen molar-refractivity contribution in [1.29, 1.82) is 5.26 Å². The number of esters is 2. The van der Waals surface area contributed by atoms with Crippen molar-refractivity contribution in [2.75, 3.05) is 6.61 Å². The molecule has 0 spiro atoms. The fraction of sp³-hybridized carbons (Fsp3) is 0.625. The molecule has 0 bridgehead atoms. The van der Waals surface area contributed by atoms with Gasteiger partial charge < -0.3 is 14.8 Å². The Morgan fingerprint density at radius 2 is 1.83 bits per heavy atom. The number of nitrogens with zero attached hydrogens (tertiary/aromatic N) is 1. The van der Waals surface area contributed by atoms with Crippen LogP contribution in [0.2, 0.25) is 0 Å². The van der Waals surface area contributed by atoms with E-state index in [-0.39, 0.29) is 6.61 Å². The predicted octanol–water partition coefficient (Wildman–Crippen LogP) is 1.38. The Labute approximate surface area is 135 Å². The number of nitriles is 1. The summed E-state index contributed by atoms with van der Waals surface area (Å²) in [6.45, 7) is 3.26. The lowest BCUT2D eigenvalue weighted by Crippen LogP contribution is -2.52. The van der Waals surface area contributed by atoms with Crippen LogP contribution >= 0.6 is 0 Å². The quantitative estimate of drug-likeness (QED) is 0.585. The van der Waals surface area contributed by atoms with Gasteiger partial charge in [0.05, 0.1) is 12.7 Å². The number of hydrogen-bond acceptors (Lipinski definition) is 6. The van der Waals surface area contributed by atoms with Gasteiger partial charge in [-0.1, -0.05) is 19.3 Å². The molecule has 1 aliphatic carbocycles. The van der Waals surface area contributed by atoms with Crippen molar-refractivity contribution in [1.82, 2.24) is 5.32 Å². The number of carbonyl (C=O) groups excluding carboxylic acids is 3. The first-order valence-corrected chi connectivity index (χ1v) is 7.71. The van der Waals surface area contributed by atoms with Gasteiger partial charge in [0.2, 0.25) is 0 Å². The van der Waals surface area contributed by atoms with E-state index in [1.807, 2.05) is 0 Å². The Kier molecular flexibility index (Phi) is 7.26. The molecule has 126 valence electrons. The van der Waals surface area contributed by atoms with Crippen LogP contribution in [0.25, 0.3) is 0 Å². The maximum atomic E-state index is 12.1. The van der Waals surface area contributed by atoms with E-state index in [2.05, 4.69) is 16.1 Å². The van der Waals surface area contributed by atoms with Gasteiger partial charge >= 0.3 is 11.9 Å². The summed E-state index contributed by atoms with van der Waals surface area (Å²) < 4.78 is 9.54. The second-order valence-electron chi connectivity index (χ2n) is 5.41. The van der Waals surface area contributed by atoms with Crippen LogP contribution in [-0.4, -0.2) is 36.1 Å². The number of ether oxygens (including phenoxy) is 2. The van der Waals surface area contributed by atoms with Crippen LogP contribution in [0.1, 0.15) is 46.0 Å². The van der Waals surface area contributed by atoms with E-state index in [1.165, 1.54) is 6.92 Å². The summed E-state index contributed by atoms with van der Waals surface area (Å²) in [5, 5.41) is 12.0. The molecule has 1 atom stereocenters. The van der Waals surface area contributed by atoms with Gasteiger partial charge in [-0.05, 0) is 26.7 Å². The fourth-order valence-corrected chi connectivity index (χ4v) is 2.35. The maximum Gasteiger partial charge on any atom is 0.331 e. The number of rotatable bonds is 6. The van der Waals surface area contributed by atoms with E-state index in [9.17, 15) is 19.6 Å². The van der Waals surface area contributed by atoms with E-state index < -0.39 is 29.5 Å². The lowest BCUT2D eigenvalue weighted by molar-refractivity contribution is -0.151. The molecule has 0 aromatic rings. The van der Waals surface area contributed by atoms with Crippen LogP contribution in [0.3, 0.4) is 0 Å². The Bertz CT molecular complexity index is 515. The van der Waals surface area contributed by atoms with E-state index >= 15 is 0 Å². The maximum absolute atomic E-state index is 12.1. The van der Waals surface area contributed by atoms with Gasteiger partial charge in [-0.3, -0.25) is 4.79 Å². The van der Waals surface area contributed by atoms with Gasteiger partial charge in [0.15, 0.2) is 6.10 Å². The fourth-order valence-electron chi connectivity index (χ4n) is 2.35. The van der Waals surface area contributed by atoms with E-state index in [1.54, 1.807) is 6.92 Å². The van der Waals surface area contributed by atoms with Crippen molar-refractivity contribution < 1.29 is 23.9 Å². The highest BCUT2D eigenvalue weighted by Crippen LogP contribution is 2.27. The predicted molar refractivity (Wildman–Crippen MR) is 80.9 cm³/mol. The van der Waals surface area contributed by atoms with E-state index in [4.69, 9.17) is 4.74 Å². The summed E-state index contributed by atoms with van der Waals surface area (Å²) >= 11 is 0. The summed E-state index contributed by atoms with van der Waals surface area (Å²) in [4.78, 5) is 34.7. The smallest absolute Gasteiger partial charge is 0.331 e. The van der Waals surface area contributed by atoms with Gasteiger partial charge in [0, 0.05) is 12.2 Å². The molecule has 1 rings (SSSR count). The van der Waals surface area contributed by atoms with Crippen molar-refractivity contribution in [2.24, 2.45) is 0 Å². The van der Waals surface area contributed by atoms with Crippen molar-refractivity contribution in [3.05, 3.63) is 12.2 Å². The number of nitrogens with one attached hydrogen (secondary N) is 1. The minimum atomic E-state index is -1.05. The largest absolute Gasteiger partial charge is 0.463 e. The topological polar surface area (TPSA) is 105 Å². The molecule has 0 aliphatic heterocycles. The average molecular weight is 322 g/mol. The zero-order valence-corrected chi connectivity index (χ0v) is 13.5. The lowest BCUT2D eigenvalue weighted by Gasteiger charge is -2.32. The van der Waals surface area contributed by atoms with Gasteiger partial charge in [0.1, 0.15) is 5.54 Å². The molecule has 0 saturated heterocycles. The molecule has 0 unspecified atom stereocenters. The molecular formula is C16H22N2O5. The first kappa shape index (κ1) is 18.7. The third-order valence-corrected chi connectivity index (χ3v) is 3.59. The Balaban J connectivity index is 2.51. The zero-order valence-electron chi connectivity index (χ0n) is 13.5.